The van der Waals surface area contributed by atoms with Gasteiger partial charge in [-0.3, -0.25) is 0 Å². The Labute approximate surface area is 85.8 Å². The second-order valence-electron chi connectivity index (χ2n) is 3.81. The summed E-state index contributed by atoms with van der Waals surface area (Å²) in [7, 11) is 0. The number of nitrogens with two attached hydrogens (primary N) is 1. The SMILES string of the molecule is CCC(N)C(O)c1cccc(C)c1C. The summed E-state index contributed by atoms with van der Waals surface area (Å²) in [6.07, 6.45) is 0.244. The summed E-state index contributed by atoms with van der Waals surface area (Å²) in [6.45, 7) is 6.05. The summed E-state index contributed by atoms with van der Waals surface area (Å²) >= 11 is 0. The molecule has 0 fully saturated rings. The van der Waals surface area contributed by atoms with Crippen molar-refractivity contribution in [3.8, 4) is 0 Å². The predicted molar refractivity (Wildman–Crippen MR) is 59.1 cm³/mol. The summed E-state index contributed by atoms with van der Waals surface area (Å²) in [4.78, 5) is 0. The first kappa shape index (κ1) is 11.2. The van der Waals surface area contributed by atoms with Crippen molar-refractivity contribution in [2.45, 2.75) is 39.3 Å². The van der Waals surface area contributed by atoms with Crippen molar-refractivity contribution in [1.82, 2.24) is 0 Å². The van der Waals surface area contributed by atoms with E-state index in [0.29, 0.717) is 0 Å². The molecule has 0 saturated heterocycles. The molecule has 1 aromatic carbocycles. The van der Waals surface area contributed by atoms with Gasteiger partial charge in [-0.05, 0) is 37.0 Å². The van der Waals surface area contributed by atoms with Crippen molar-refractivity contribution in [2.75, 3.05) is 0 Å². The molecular weight excluding hydrogens is 174 g/mol. The van der Waals surface area contributed by atoms with E-state index in [4.69, 9.17) is 5.73 Å². The molecule has 2 atom stereocenters. The smallest absolute Gasteiger partial charge is 0.0943 e. The monoisotopic (exact) mass is 193 g/mol. The van der Waals surface area contributed by atoms with Gasteiger partial charge in [0.25, 0.3) is 0 Å². The lowest BCUT2D eigenvalue weighted by Gasteiger charge is -2.20. The maximum absolute atomic E-state index is 9.97. The van der Waals surface area contributed by atoms with Crippen molar-refractivity contribution in [2.24, 2.45) is 5.73 Å². The van der Waals surface area contributed by atoms with Gasteiger partial charge in [0, 0.05) is 6.04 Å². The highest BCUT2D eigenvalue weighted by molar-refractivity contribution is 5.35. The zero-order valence-electron chi connectivity index (χ0n) is 9.12. The average molecular weight is 193 g/mol. The van der Waals surface area contributed by atoms with Crippen LogP contribution < -0.4 is 5.73 Å². The molecule has 0 aliphatic carbocycles. The molecule has 0 spiro atoms. The van der Waals surface area contributed by atoms with Crippen LogP contribution in [0.3, 0.4) is 0 Å². The molecule has 0 amide bonds. The second-order valence-corrected chi connectivity index (χ2v) is 3.81. The maximum Gasteiger partial charge on any atom is 0.0943 e. The quantitative estimate of drug-likeness (QED) is 0.772. The number of hydrogen-bond acceptors (Lipinski definition) is 2. The van der Waals surface area contributed by atoms with Crippen molar-refractivity contribution in [3.63, 3.8) is 0 Å². The third kappa shape index (κ3) is 2.14. The number of aryl methyl sites for hydroxylation is 1. The zero-order valence-corrected chi connectivity index (χ0v) is 9.12. The van der Waals surface area contributed by atoms with Gasteiger partial charge in [0.05, 0.1) is 6.10 Å². The van der Waals surface area contributed by atoms with E-state index in [1.807, 2.05) is 39.0 Å². The van der Waals surface area contributed by atoms with Crippen molar-refractivity contribution < 1.29 is 5.11 Å². The highest BCUT2D eigenvalue weighted by atomic mass is 16.3. The third-order valence-corrected chi connectivity index (χ3v) is 2.84. The fraction of sp³-hybridized carbons (Fsp3) is 0.500. The van der Waals surface area contributed by atoms with E-state index < -0.39 is 6.10 Å². The van der Waals surface area contributed by atoms with Gasteiger partial charge in [0.1, 0.15) is 0 Å². The lowest BCUT2D eigenvalue weighted by Crippen LogP contribution is -2.27. The first-order valence-electron chi connectivity index (χ1n) is 5.07. The minimum atomic E-state index is -0.542. The predicted octanol–water partition coefficient (Wildman–Crippen LogP) is 2.07. The van der Waals surface area contributed by atoms with E-state index >= 15 is 0 Å². The van der Waals surface area contributed by atoms with Crippen LogP contribution in [-0.2, 0) is 0 Å². The van der Waals surface area contributed by atoms with E-state index in [0.717, 1.165) is 17.5 Å². The van der Waals surface area contributed by atoms with Gasteiger partial charge >= 0.3 is 0 Å². The molecule has 0 heterocycles. The van der Waals surface area contributed by atoms with E-state index in [9.17, 15) is 5.11 Å². The van der Waals surface area contributed by atoms with Gasteiger partial charge in [-0.25, -0.2) is 0 Å². The summed E-state index contributed by atoms with van der Waals surface area (Å²) in [5.74, 6) is 0. The fourth-order valence-electron chi connectivity index (χ4n) is 1.55. The van der Waals surface area contributed by atoms with Crippen molar-refractivity contribution in [3.05, 3.63) is 34.9 Å². The number of rotatable bonds is 3. The minimum Gasteiger partial charge on any atom is -0.387 e. The van der Waals surface area contributed by atoms with Crippen LogP contribution in [0.4, 0.5) is 0 Å². The highest BCUT2D eigenvalue weighted by Gasteiger charge is 2.17. The normalized spacial score (nSPS) is 15.2. The van der Waals surface area contributed by atoms with Gasteiger partial charge in [0.15, 0.2) is 0 Å². The first-order valence-corrected chi connectivity index (χ1v) is 5.07. The van der Waals surface area contributed by atoms with Gasteiger partial charge in [-0.1, -0.05) is 25.1 Å². The van der Waals surface area contributed by atoms with Crippen LogP contribution >= 0.6 is 0 Å². The standard InChI is InChI=1S/C12H19NO/c1-4-11(13)12(14)10-7-5-6-8(2)9(10)3/h5-7,11-12,14H,4,13H2,1-3H3. The third-order valence-electron chi connectivity index (χ3n) is 2.84. The second kappa shape index (κ2) is 4.58. The molecule has 3 N–H and O–H groups in total. The Morgan fingerprint density at radius 2 is 2.00 bits per heavy atom. The molecule has 14 heavy (non-hydrogen) atoms. The Morgan fingerprint density at radius 1 is 1.36 bits per heavy atom. The number of aliphatic hydroxyl groups excluding tert-OH is 1. The molecule has 2 nitrogen and oxygen atoms in total. The molecule has 0 aliphatic heterocycles. The van der Waals surface area contributed by atoms with Crippen molar-refractivity contribution >= 4 is 0 Å². The van der Waals surface area contributed by atoms with Crippen LogP contribution in [0, 0.1) is 13.8 Å². The molecular formula is C12H19NO. The van der Waals surface area contributed by atoms with Gasteiger partial charge < -0.3 is 10.8 Å². The van der Waals surface area contributed by atoms with Crippen LogP contribution in [0.5, 0.6) is 0 Å². The number of aliphatic hydroxyl groups is 1. The Kier molecular flexibility index (Phi) is 3.67. The largest absolute Gasteiger partial charge is 0.387 e. The van der Waals surface area contributed by atoms with Crippen molar-refractivity contribution in [1.29, 1.82) is 0 Å². The topological polar surface area (TPSA) is 46.2 Å². The number of benzene rings is 1. The van der Waals surface area contributed by atoms with Crippen LogP contribution in [-0.4, -0.2) is 11.1 Å². The van der Waals surface area contributed by atoms with E-state index in [1.165, 1.54) is 5.56 Å². The maximum atomic E-state index is 9.97. The molecule has 2 heteroatoms. The van der Waals surface area contributed by atoms with Crippen LogP contribution in [0.1, 0.15) is 36.1 Å². The van der Waals surface area contributed by atoms with Crippen LogP contribution in [0.2, 0.25) is 0 Å². The minimum absolute atomic E-state index is 0.171. The molecule has 0 bridgehead atoms. The van der Waals surface area contributed by atoms with Gasteiger partial charge in [-0.15, -0.1) is 0 Å². The molecule has 1 aromatic rings. The zero-order chi connectivity index (χ0) is 10.7. The first-order chi connectivity index (χ1) is 6.57. The Morgan fingerprint density at radius 3 is 2.57 bits per heavy atom. The summed E-state index contributed by atoms with van der Waals surface area (Å²) in [6, 6.07) is 5.78. The molecule has 0 aromatic heterocycles. The molecule has 78 valence electrons. The van der Waals surface area contributed by atoms with E-state index in [-0.39, 0.29) is 6.04 Å². The Balaban J connectivity index is 3.01. The van der Waals surface area contributed by atoms with E-state index in [2.05, 4.69) is 0 Å². The van der Waals surface area contributed by atoms with Crippen LogP contribution in [0.25, 0.3) is 0 Å². The summed E-state index contributed by atoms with van der Waals surface area (Å²) in [5.41, 5.74) is 9.12. The highest BCUT2D eigenvalue weighted by Crippen LogP contribution is 2.23. The average Bonchev–Trinajstić information content (AvgIpc) is 2.20. The van der Waals surface area contributed by atoms with Gasteiger partial charge in [-0.2, -0.15) is 0 Å². The van der Waals surface area contributed by atoms with E-state index in [1.54, 1.807) is 0 Å². The summed E-state index contributed by atoms with van der Waals surface area (Å²) in [5, 5.41) is 9.97. The molecule has 0 aliphatic rings. The Hall–Kier alpha value is -0.860. The molecule has 2 unspecified atom stereocenters. The molecule has 0 saturated carbocycles. The Bertz CT molecular complexity index is 309. The van der Waals surface area contributed by atoms with Gasteiger partial charge in [0.2, 0.25) is 0 Å². The lowest BCUT2D eigenvalue weighted by atomic mass is 9.94. The number of hydrogen-bond donors (Lipinski definition) is 2. The summed E-state index contributed by atoms with van der Waals surface area (Å²) < 4.78 is 0. The molecule has 0 radical (unpaired) electrons. The fourth-order valence-corrected chi connectivity index (χ4v) is 1.55. The van der Waals surface area contributed by atoms with Crippen LogP contribution in [0.15, 0.2) is 18.2 Å². The lowest BCUT2D eigenvalue weighted by molar-refractivity contribution is 0.143. The molecule has 1 rings (SSSR count).